The second kappa shape index (κ2) is 4.71. The normalized spacial score (nSPS) is 10.9. The smallest absolute Gasteiger partial charge is 0.0314 e. The predicted molar refractivity (Wildman–Crippen MR) is 72.1 cm³/mol. The van der Waals surface area contributed by atoms with Crippen molar-refractivity contribution in [3.8, 4) is 0 Å². The van der Waals surface area contributed by atoms with Crippen LogP contribution in [0.2, 0.25) is 0 Å². The molecule has 1 aromatic heterocycles. The Morgan fingerprint density at radius 3 is 2.38 bits per heavy atom. The third kappa shape index (κ3) is 2.64. The van der Waals surface area contributed by atoms with Crippen molar-refractivity contribution in [3.63, 3.8) is 0 Å². The summed E-state index contributed by atoms with van der Waals surface area (Å²) in [5.74, 6) is 0.630. The maximum atomic E-state index is 5.67. The zero-order chi connectivity index (χ0) is 11.5. The Morgan fingerprint density at radius 1 is 1.12 bits per heavy atom. The van der Waals surface area contributed by atoms with E-state index in [9.17, 15) is 0 Å². The van der Waals surface area contributed by atoms with Crippen LogP contribution in [-0.4, -0.2) is 0 Å². The Balaban J connectivity index is 2.11. The number of benzene rings is 1. The summed E-state index contributed by atoms with van der Waals surface area (Å²) in [6, 6.07) is 10.4. The Labute approximate surface area is 101 Å². The molecule has 2 aromatic rings. The zero-order valence-corrected chi connectivity index (χ0v) is 10.6. The number of anilines is 1. The molecule has 0 bridgehead atoms. The molecule has 1 nitrogen and oxygen atoms in total. The lowest BCUT2D eigenvalue weighted by atomic mass is 10.1. The fourth-order valence-corrected chi connectivity index (χ4v) is 2.59. The highest BCUT2D eigenvalue weighted by molar-refractivity contribution is 7.10. The summed E-state index contributed by atoms with van der Waals surface area (Å²) < 4.78 is 0. The lowest BCUT2D eigenvalue weighted by Crippen LogP contribution is -1.88. The zero-order valence-electron chi connectivity index (χ0n) is 9.73. The van der Waals surface area contributed by atoms with Gasteiger partial charge in [0.25, 0.3) is 0 Å². The molecule has 0 aliphatic heterocycles. The predicted octanol–water partition coefficient (Wildman–Crippen LogP) is 4.04. The van der Waals surface area contributed by atoms with E-state index in [0.29, 0.717) is 5.92 Å². The lowest BCUT2D eigenvalue weighted by molar-refractivity contribution is 0.888. The summed E-state index contributed by atoms with van der Waals surface area (Å²) in [7, 11) is 0. The first-order chi connectivity index (χ1) is 7.65. The average Bonchev–Trinajstić information content (AvgIpc) is 2.70. The summed E-state index contributed by atoms with van der Waals surface area (Å²) in [6.45, 7) is 4.47. The van der Waals surface area contributed by atoms with E-state index in [1.54, 1.807) is 0 Å². The Morgan fingerprint density at radius 2 is 1.81 bits per heavy atom. The van der Waals surface area contributed by atoms with E-state index < -0.39 is 0 Å². The molecular formula is C14H17NS. The molecule has 1 aromatic carbocycles. The average molecular weight is 231 g/mol. The summed E-state index contributed by atoms with van der Waals surface area (Å²) >= 11 is 1.86. The van der Waals surface area contributed by atoms with Gasteiger partial charge >= 0.3 is 0 Å². The van der Waals surface area contributed by atoms with Crippen LogP contribution >= 0.6 is 11.3 Å². The number of nitrogen functional groups attached to an aromatic ring is 1. The first-order valence-electron chi connectivity index (χ1n) is 5.57. The highest BCUT2D eigenvalue weighted by atomic mass is 32.1. The highest BCUT2D eigenvalue weighted by Gasteiger charge is 2.04. The van der Waals surface area contributed by atoms with Crippen LogP contribution in [0.25, 0.3) is 0 Å². The van der Waals surface area contributed by atoms with Crippen LogP contribution < -0.4 is 5.73 Å². The van der Waals surface area contributed by atoms with Crippen molar-refractivity contribution in [2.24, 2.45) is 0 Å². The molecular weight excluding hydrogens is 214 g/mol. The molecule has 16 heavy (non-hydrogen) atoms. The number of hydrogen-bond acceptors (Lipinski definition) is 2. The van der Waals surface area contributed by atoms with Crippen molar-refractivity contribution in [1.29, 1.82) is 0 Å². The summed E-state index contributed by atoms with van der Waals surface area (Å²) in [5, 5.41) is 2.26. The van der Waals surface area contributed by atoms with Gasteiger partial charge in [-0.3, -0.25) is 0 Å². The summed E-state index contributed by atoms with van der Waals surface area (Å²) in [4.78, 5) is 1.46. The fraction of sp³-hybridized carbons (Fsp3) is 0.286. The van der Waals surface area contributed by atoms with Crippen LogP contribution in [0, 0.1) is 0 Å². The molecule has 0 amide bonds. The molecule has 0 atom stereocenters. The van der Waals surface area contributed by atoms with Crippen molar-refractivity contribution in [2.75, 3.05) is 5.73 Å². The standard InChI is InChI=1S/C14H17NS/c1-10(2)14-8-12(9-16-14)7-11-3-5-13(15)6-4-11/h3-6,8-10H,7,15H2,1-2H3. The molecule has 84 valence electrons. The van der Waals surface area contributed by atoms with Crippen LogP contribution in [0.4, 0.5) is 5.69 Å². The van der Waals surface area contributed by atoms with Crippen molar-refractivity contribution in [1.82, 2.24) is 0 Å². The van der Waals surface area contributed by atoms with Gasteiger partial charge in [0.15, 0.2) is 0 Å². The number of rotatable bonds is 3. The Bertz CT molecular complexity index is 454. The largest absolute Gasteiger partial charge is 0.399 e. The maximum Gasteiger partial charge on any atom is 0.0314 e. The van der Waals surface area contributed by atoms with Gasteiger partial charge in [0.1, 0.15) is 0 Å². The molecule has 2 heteroatoms. The van der Waals surface area contributed by atoms with E-state index in [1.165, 1.54) is 16.0 Å². The first kappa shape index (κ1) is 11.2. The molecule has 0 unspecified atom stereocenters. The number of hydrogen-bond donors (Lipinski definition) is 1. The Kier molecular flexibility index (Phi) is 3.30. The van der Waals surface area contributed by atoms with Gasteiger partial charge in [-0.25, -0.2) is 0 Å². The van der Waals surface area contributed by atoms with Gasteiger partial charge in [0.2, 0.25) is 0 Å². The fourth-order valence-electron chi connectivity index (χ4n) is 1.66. The molecule has 2 N–H and O–H groups in total. The van der Waals surface area contributed by atoms with Crippen molar-refractivity contribution >= 4 is 17.0 Å². The molecule has 0 spiro atoms. The minimum absolute atomic E-state index is 0.630. The topological polar surface area (TPSA) is 26.0 Å². The second-order valence-electron chi connectivity index (χ2n) is 4.43. The number of thiophene rings is 1. The number of nitrogens with two attached hydrogens (primary N) is 1. The molecule has 2 rings (SSSR count). The van der Waals surface area contributed by atoms with E-state index in [-0.39, 0.29) is 0 Å². The van der Waals surface area contributed by atoms with Gasteiger partial charge < -0.3 is 5.73 Å². The quantitative estimate of drug-likeness (QED) is 0.792. The minimum Gasteiger partial charge on any atom is -0.399 e. The van der Waals surface area contributed by atoms with E-state index in [0.717, 1.165) is 12.1 Å². The van der Waals surface area contributed by atoms with Gasteiger partial charge in [-0.05, 0) is 47.0 Å². The molecule has 0 fully saturated rings. The Hall–Kier alpha value is -1.28. The van der Waals surface area contributed by atoms with Crippen LogP contribution in [0.3, 0.4) is 0 Å². The maximum absolute atomic E-state index is 5.67. The van der Waals surface area contributed by atoms with E-state index >= 15 is 0 Å². The van der Waals surface area contributed by atoms with Gasteiger partial charge in [-0.2, -0.15) is 0 Å². The van der Waals surface area contributed by atoms with Crippen LogP contribution in [-0.2, 0) is 6.42 Å². The van der Waals surface area contributed by atoms with Crippen molar-refractivity contribution in [2.45, 2.75) is 26.2 Å². The van der Waals surface area contributed by atoms with Gasteiger partial charge in [0.05, 0.1) is 0 Å². The molecule has 0 aliphatic carbocycles. The van der Waals surface area contributed by atoms with E-state index in [2.05, 4.69) is 37.4 Å². The van der Waals surface area contributed by atoms with Gasteiger partial charge in [-0.1, -0.05) is 26.0 Å². The third-order valence-electron chi connectivity index (χ3n) is 2.63. The van der Waals surface area contributed by atoms with Gasteiger partial charge in [0, 0.05) is 10.6 Å². The molecule has 0 radical (unpaired) electrons. The molecule has 0 saturated carbocycles. The first-order valence-corrected chi connectivity index (χ1v) is 6.45. The van der Waals surface area contributed by atoms with Gasteiger partial charge in [-0.15, -0.1) is 11.3 Å². The van der Waals surface area contributed by atoms with Crippen LogP contribution in [0.5, 0.6) is 0 Å². The molecule has 0 aliphatic rings. The van der Waals surface area contributed by atoms with E-state index in [1.807, 2.05) is 23.5 Å². The third-order valence-corrected chi connectivity index (χ3v) is 3.91. The van der Waals surface area contributed by atoms with Crippen LogP contribution in [0.15, 0.2) is 35.7 Å². The monoisotopic (exact) mass is 231 g/mol. The lowest BCUT2D eigenvalue weighted by Gasteiger charge is -2.00. The minimum atomic E-state index is 0.630. The van der Waals surface area contributed by atoms with Crippen molar-refractivity contribution in [3.05, 3.63) is 51.7 Å². The van der Waals surface area contributed by atoms with Crippen molar-refractivity contribution < 1.29 is 0 Å². The molecule has 1 heterocycles. The summed E-state index contributed by atoms with van der Waals surface area (Å²) in [6.07, 6.45) is 1.00. The van der Waals surface area contributed by atoms with Crippen LogP contribution in [0.1, 0.15) is 35.8 Å². The highest BCUT2D eigenvalue weighted by Crippen LogP contribution is 2.24. The van der Waals surface area contributed by atoms with E-state index in [4.69, 9.17) is 5.73 Å². The SMILES string of the molecule is CC(C)c1cc(Cc2ccc(N)cc2)cs1. The second-order valence-corrected chi connectivity index (χ2v) is 5.37. The molecule has 0 saturated heterocycles. The summed E-state index contributed by atoms with van der Waals surface area (Å²) in [5.41, 5.74) is 9.22.